The maximum Gasteiger partial charge on any atom is 0.284 e. The SMILES string of the molecule is N#CC(=C(N)[S-])[n+]1ccccc1. The van der Waals surface area contributed by atoms with Crippen LogP contribution in [0.4, 0.5) is 0 Å². The number of aromatic nitrogens is 1. The van der Waals surface area contributed by atoms with Crippen LogP contribution in [0.5, 0.6) is 0 Å². The highest BCUT2D eigenvalue weighted by Crippen LogP contribution is 1.93. The average molecular weight is 177 g/mol. The number of pyridine rings is 1. The standard InChI is InChI=1S/C8H7N3S/c9-6-7(8(10)12)11-4-2-1-3-5-11/h1-5H,10H2. The van der Waals surface area contributed by atoms with Crippen molar-refractivity contribution in [1.29, 1.82) is 5.26 Å². The van der Waals surface area contributed by atoms with E-state index in [9.17, 15) is 0 Å². The molecule has 2 N–H and O–H groups in total. The van der Waals surface area contributed by atoms with Crippen LogP contribution in [0.25, 0.3) is 5.70 Å². The Bertz CT molecular complexity index is 333. The molecule has 1 aromatic heterocycles. The smallest absolute Gasteiger partial charge is 0.284 e. The van der Waals surface area contributed by atoms with Crippen molar-refractivity contribution < 1.29 is 4.57 Å². The molecule has 3 nitrogen and oxygen atoms in total. The van der Waals surface area contributed by atoms with Crippen molar-refractivity contribution in [2.45, 2.75) is 0 Å². The zero-order valence-corrected chi connectivity index (χ0v) is 7.08. The third-order valence-electron chi connectivity index (χ3n) is 1.31. The monoisotopic (exact) mass is 177 g/mol. The van der Waals surface area contributed by atoms with E-state index in [0.717, 1.165) is 0 Å². The zero-order valence-electron chi connectivity index (χ0n) is 6.27. The van der Waals surface area contributed by atoms with Gasteiger partial charge in [0.05, 0.1) is 0 Å². The lowest BCUT2D eigenvalue weighted by atomic mass is 10.4. The van der Waals surface area contributed by atoms with E-state index in [1.54, 1.807) is 29.1 Å². The number of nitrogens with zero attached hydrogens (tertiary/aromatic N) is 2. The molecule has 0 unspecified atom stereocenters. The van der Waals surface area contributed by atoms with Gasteiger partial charge in [-0.05, 0) is 5.03 Å². The van der Waals surface area contributed by atoms with E-state index in [-0.39, 0.29) is 10.7 Å². The van der Waals surface area contributed by atoms with Gasteiger partial charge in [-0.3, -0.25) is 0 Å². The van der Waals surface area contributed by atoms with E-state index in [4.69, 9.17) is 23.6 Å². The van der Waals surface area contributed by atoms with Crippen LogP contribution in [0.2, 0.25) is 0 Å². The summed E-state index contributed by atoms with van der Waals surface area (Å²) in [6.07, 6.45) is 3.44. The number of nitriles is 1. The predicted molar refractivity (Wildman–Crippen MR) is 47.0 cm³/mol. The normalized spacial score (nSPS) is 11.6. The van der Waals surface area contributed by atoms with E-state index >= 15 is 0 Å². The Labute approximate surface area is 76.2 Å². The molecule has 12 heavy (non-hydrogen) atoms. The Kier molecular flexibility index (Phi) is 2.62. The third kappa shape index (κ3) is 1.71. The summed E-state index contributed by atoms with van der Waals surface area (Å²) in [7, 11) is 0. The van der Waals surface area contributed by atoms with Crippen LogP contribution in [0.3, 0.4) is 0 Å². The first-order valence-electron chi connectivity index (χ1n) is 3.29. The zero-order chi connectivity index (χ0) is 8.97. The Hall–Kier alpha value is -1.60. The Balaban J connectivity index is 3.17. The molecule has 0 amide bonds. The summed E-state index contributed by atoms with van der Waals surface area (Å²) in [5.74, 6) is 0. The van der Waals surface area contributed by atoms with Crippen LogP contribution in [0, 0.1) is 11.3 Å². The van der Waals surface area contributed by atoms with E-state index in [1.165, 1.54) is 0 Å². The van der Waals surface area contributed by atoms with Gasteiger partial charge in [-0.2, -0.15) is 9.83 Å². The molecule has 0 aromatic carbocycles. The van der Waals surface area contributed by atoms with Crippen molar-refractivity contribution in [3.05, 3.63) is 35.6 Å². The molecule has 0 fully saturated rings. The summed E-state index contributed by atoms with van der Waals surface area (Å²) in [5.41, 5.74) is 5.61. The van der Waals surface area contributed by atoms with E-state index in [1.807, 2.05) is 12.1 Å². The predicted octanol–water partition coefficient (Wildman–Crippen LogP) is 0.129. The fourth-order valence-electron chi connectivity index (χ4n) is 0.788. The molecule has 1 heterocycles. The number of rotatable bonds is 1. The van der Waals surface area contributed by atoms with Crippen molar-refractivity contribution in [2.75, 3.05) is 0 Å². The second-order valence-corrected chi connectivity index (χ2v) is 2.55. The van der Waals surface area contributed by atoms with Crippen LogP contribution < -0.4 is 10.3 Å². The summed E-state index contributed by atoms with van der Waals surface area (Å²) in [4.78, 5) is 0. The van der Waals surface area contributed by atoms with E-state index < -0.39 is 0 Å². The molecule has 0 aliphatic heterocycles. The molecule has 1 aromatic rings. The topological polar surface area (TPSA) is 53.7 Å². The summed E-state index contributed by atoms with van der Waals surface area (Å²) >= 11 is 4.70. The molecular weight excluding hydrogens is 170 g/mol. The van der Waals surface area contributed by atoms with Gasteiger partial charge >= 0.3 is 0 Å². The second-order valence-electron chi connectivity index (χ2n) is 2.11. The maximum atomic E-state index is 8.67. The highest BCUT2D eigenvalue weighted by molar-refractivity contribution is 7.63. The van der Waals surface area contributed by atoms with Crippen molar-refractivity contribution in [3.63, 3.8) is 0 Å². The molecule has 4 heteroatoms. The minimum atomic E-state index is 0.105. The van der Waals surface area contributed by atoms with E-state index in [0.29, 0.717) is 0 Å². The van der Waals surface area contributed by atoms with Gasteiger partial charge in [-0.15, -0.1) is 0 Å². The minimum absolute atomic E-state index is 0.105. The van der Waals surface area contributed by atoms with Gasteiger partial charge in [0.25, 0.3) is 5.70 Å². The molecule has 0 spiro atoms. The first kappa shape index (κ1) is 8.50. The first-order valence-corrected chi connectivity index (χ1v) is 3.70. The summed E-state index contributed by atoms with van der Waals surface area (Å²) in [6, 6.07) is 7.39. The average Bonchev–Trinajstić information content (AvgIpc) is 2.07. The fourth-order valence-corrected chi connectivity index (χ4v) is 0.939. The molecular formula is C8H7N3S. The van der Waals surface area contributed by atoms with Gasteiger partial charge in [0, 0.05) is 12.1 Å². The molecule has 1 rings (SSSR count). The van der Waals surface area contributed by atoms with E-state index in [2.05, 4.69) is 0 Å². The highest BCUT2D eigenvalue weighted by Gasteiger charge is 2.05. The number of hydrogen-bond donors (Lipinski definition) is 1. The molecule has 0 radical (unpaired) electrons. The van der Waals surface area contributed by atoms with Gasteiger partial charge in [0.15, 0.2) is 18.5 Å². The molecule has 0 bridgehead atoms. The van der Waals surface area contributed by atoms with Crippen molar-refractivity contribution in [3.8, 4) is 6.07 Å². The Morgan fingerprint density at radius 2 is 1.92 bits per heavy atom. The Morgan fingerprint density at radius 3 is 2.33 bits per heavy atom. The van der Waals surface area contributed by atoms with Crippen LogP contribution >= 0.6 is 0 Å². The second kappa shape index (κ2) is 3.69. The van der Waals surface area contributed by atoms with Crippen molar-refractivity contribution in [1.82, 2.24) is 0 Å². The first-order chi connectivity index (χ1) is 5.75. The number of nitrogens with two attached hydrogens (primary N) is 1. The van der Waals surface area contributed by atoms with Gasteiger partial charge in [-0.1, -0.05) is 6.07 Å². The van der Waals surface area contributed by atoms with Crippen LogP contribution in [0.1, 0.15) is 0 Å². The quantitative estimate of drug-likeness (QED) is 0.377. The van der Waals surface area contributed by atoms with Crippen LogP contribution in [-0.2, 0) is 12.6 Å². The summed E-state index contributed by atoms with van der Waals surface area (Å²) in [6.45, 7) is 0. The van der Waals surface area contributed by atoms with Crippen LogP contribution in [-0.4, -0.2) is 0 Å². The molecule has 0 aliphatic rings. The van der Waals surface area contributed by atoms with Gasteiger partial charge < -0.3 is 18.4 Å². The third-order valence-corrected chi connectivity index (χ3v) is 1.51. The van der Waals surface area contributed by atoms with Crippen molar-refractivity contribution >= 4 is 18.3 Å². The van der Waals surface area contributed by atoms with Crippen molar-refractivity contribution in [2.24, 2.45) is 5.73 Å². The fraction of sp³-hybridized carbons (Fsp3) is 0. The molecule has 0 saturated carbocycles. The number of hydrogen-bond acceptors (Lipinski definition) is 3. The largest absolute Gasteiger partial charge is 0.756 e. The van der Waals surface area contributed by atoms with Gasteiger partial charge in [-0.25, -0.2) is 0 Å². The molecule has 0 saturated heterocycles. The maximum absolute atomic E-state index is 8.67. The van der Waals surface area contributed by atoms with Crippen LogP contribution in [0.15, 0.2) is 35.6 Å². The lowest BCUT2D eigenvalue weighted by Crippen LogP contribution is -2.32. The summed E-state index contributed by atoms with van der Waals surface area (Å²) < 4.78 is 1.59. The lowest BCUT2D eigenvalue weighted by Gasteiger charge is -2.02. The van der Waals surface area contributed by atoms with Gasteiger partial charge in [0.1, 0.15) is 0 Å². The molecule has 0 atom stereocenters. The van der Waals surface area contributed by atoms with Gasteiger partial charge in [0.2, 0.25) is 0 Å². The molecule has 60 valence electrons. The Morgan fingerprint density at radius 1 is 1.33 bits per heavy atom. The highest BCUT2D eigenvalue weighted by atomic mass is 32.1. The number of allylic oxidation sites excluding steroid dienone is 1. The summed E-state index contributed by atoms with van der Waals surface area (Å²) in [5, 5.41) is 8.78. The lowest BCUT2D eigenvalue weighted by molar-refractivity contribution is -0.577. The molecule has 0 aliphatic carbocycles. The minimum Gasteiger partial charge on any atom is -0.756 e.